The van der Waals surface area contributed by atoms with E-state index < -0.39 is 0 Å². The van der Waals surface area contributed by atoms with Gasteiger partial charge in [0.25, 0.3) is 5.91 Å². The molecule has 0 aliphatic carbocycles. The minimum atomic E-state index is -0.245. The van der Waals surface area contributed by atoms with E-state index in [2.05, 4.69) is 25.2 Å². The third-order valence-corrected chi connectivity index (χ3v) is 5.91. The highest BCUT2D eigenvalue weighted by Gasteiger charge is 2.38. The number of rotatable bonds is 6. The first kappa shape index (κ1) is 19.3. The molecule has 0 saturated heterocycles. The lowest BCUT2D eigenvalue weighted by molar-refractivity contribution is -0.124. The molecule has 29 heavy (non-hydrogen) atoms. The van der Waals surface area contributed by atoms with Crippen molar-refractivity contribution in [2.24, 2.45) is 0 Å². The number of para-hydroxylation sites is 1. The molecule has 3 aromatic rings. The molecule has 0 saturated carbocycles. The van der Waals surface area contributed by atoms with Crippen molar-refractivity contribution < 1.29 is 14.3 Å². The number of benzene rings is 3. The molecule has 0 fully saturated rings. The molecule has 4 rings (SSSR count). The lowest BCUT2D eigenvalue weighted by Gasteiger charge is -2.41. The second-order valence-electron chi connectivity index (χ2n) is 7.65. The van der Waals surface area contributed by atoms with Gasteiger partial charge in [-0.05, 0) is 41.8 Å². The maximum absolute atomic E-state index is 12.7. The summed E-state index contributed by atoms with van der Waals surface area (Å²) in [6.07, 6.45) is 2.56. The molecule has 1 amide bonds. The standard InChI is InChI=1S/C25H27NO3/c1-3-25(4-2)16-22(21-11-7-8-12-23(21)29-25)26-24(27)17-28-20-14-13-18-9-5-6-10-19(18)15-20/h5-15,22H,3-4,16-17H2,1-2H3,(H,26,27). The van der Waals surface area contributed by atoms with Gasteiger partial charge < -0.3 is 14.8 Å². The van der Waals surface area contributed by atoms with Crippen molar-refractivity contribution in [2.45, 2.75) is 44.8 Å². The highest BCUT2D eigenvalue weighted by molar-refractivity contribution is 5.84. The number of hydrogen-bond donors (Lipinski definition) is 1. The zero-order valence-electron chi connectivity index (χ0n) is 17.0. The summed E-state index contributed by atoms with van der Waals surface area (Å²) < 4.78 is 12.1. The normalized spacial score (nSPS) is 17.2. The Kier molecular flexibility index (Phi) is 5.43. The van der Waals surface area contributed by atoms with E-state index in [1.807, 2.05) is 60.7 Å². The van der Waals surface area contributed by atoms with Crippen LogP contribution in [0.1, 0.15) is 44.7 Å². The topological polar surface area (TPSA) is 47.6 Å². The van der Waals surface area contributed by atoms with E-state index in [4.69, 9.17) is 9.47 Å². The highest BCUT2D eigenvalue weighted by atomic mass is 16.5. The summed E-state index contributed by atoms with van der Waals surface area (Å²) in [7, 11) is 0. The van der Waals surface area contributed by atoms with Crippen molar-refractivity contribution in [1.29, 1.82) is 0 Å². The van der Waals surface area contributed by atoms with Gasteiger partial charge in [0.1, 0.15) is 17.1 Å². The molecular formula is C25H27NO3. The van der Waals surface area contributed by atoms with E-state index in [0.29, 0.717) is 5.75 Å². The summed E-state index contributed by atoms with van der Waals surface area (Å²) in [6.45, 7) is 4.27. The predicted octanol–water partition coefficient (Wildman–Crippen LogP) is 5.42. The van der Waals surface area contributed by atoms with Crippen LogP contribution in [0.4, 0.5) is 0 Å². The molecule has 1 heterocycles. The van der Waals surface area contributed by atoms with Crippen LogP contribution in [-0.2, 0) is 4.79 Å². The molecule has 1 aliphatic rings. The van der Waals surface area contributed by atoms with Gasteiger partial charge in [-0.1, -0.05) is 62.4 Å². The van der Waals surface area contributed by atoms with Gasteiger partial charge in [0.05, 0.1) is 6.04 Å². The van der Waals surface area contributed by atoms with Crippen LogP contribution in [0.5, 0.6) is 11.5 Å². The summed E-state index contributed by atoms with van der Waals surface area (Å²) >= 11 is 0. The van der Waals surface area contributed by atoms with Crippen molar-refractivity contribution >= 4 is 16.7 Å². The SMILES string of the molecule is CCC1(CC)CC(NC(=O)COc2ccc3ccccc3c2)c2ccccc2O1. The first-order valence-corrected chi connectivity index (χ1v) is 10.3. The maximum atomic E-state index is 12.7. The van der Waals surface area contributed by atoms with Crippen molar-refractivity contribution in [1.82, 2.24) is 5.32 Å². The van der Waals surface area contributed by atoms with Crippen molar-refractivity contribution in [2.75, 3.05) is 6.61 Å². The predicted molar refractivity (Wildman–Crippen MR) is 115 cm³/mol. The Hall–Kier alpha value is -3.01. The molecule has 0 bridgehead atoms. The van der Waals surface area contributed by atoms with Crippen molar-refractivity contribution in [3.8, 4) is 11.5 Å². The monoisotopic (exact) mass is 389 g/mol. The number of carbonyl (C=O) groups is 1. The second kappa shape index (κ2) is 8.16. The summed E-state index contributed by atoms with van der Waals surface area (Å²) in [5, 5.41) is 5.41. The maximum Gasteiger partial charge on any atom is 0.258 e. The first-order chi connectivity index (χ1) is 14.1. The molecule has 4 nitrogen and oxygen atoms in total. The third kappa shape index (κ3) is 4.07. The molecule has 0 spiro atoms. The van der Waals surface area contributed by atoms with Gasteiger partial charge in [0, 0.05) is 12.0 Å². The Morgan fingerprint density at radius 3 is 2.55 bits per heavy atom. The molecule has 1 N–H and O–H groups in total. The lowest BCUT2D eigenvalue weighted by Crippen LogP contribution is -2.45. The minimum Gasteiger partial charge on any atom is -0.487 e. The summed E-state index contributed by atoms with van der Waals surface area (Å²) in [5.74, 6) is 1.44. The number of amides is 1. The molecule has 0 aromatic heterocycles. The van der Waals surface area contributed by atoms with E-state index in [9.17, 15) is 4.79 Å². The summed E-state index contributed by atoms with van der Waals surface area (Å²) in [6, 6.07) is 21.9. The largest absolute Gasteiger partial charge is 0.487 e. The zero-order valence-corrected chi connectivity index (χ0v) is 17.0. The number of carbonyl (C=O) groups excluding carboxylic acids is 1. The molecule has 3 aromatic carbocycles. The lowest BCUT2D eigenvalue weighted by atomic mass is 9.83. The number of hydrogen-bond acceptors (Lipinski definition) is 3. The van der Waals surface area contributed by atoms with Crippen LogP contribution in [0.25, 0.3) is 10.8 Å². The average Bonchev–Trinajstić information content (AvgIpc) is 2.77. The van der Waals surface area contributed by atoms with E-state index in [0.717, 1.165) is 41.3 Å². The molecule has 1 aliphatic heterocycles. The van der Waals surface area contributed by atoms with Crippen LogP contribution < -0.4 is 14.8 Å². The van der Waals surface area contributed by atoms with Gasteiger partial charge in [-0.2, -0.15) is 0 Å². The summed E-state index contributed by atoms with van der Waals surface area (Å²) in [4.78, 5) is 12.7. The van der Waals surface area contributed by atoms with Crippen molar-refractivity contribution in [3.05, 3.63) is 72.3 Å². The van der Waals surface area contributed by atoms with Gasteiger partial charge in [-0.15, -0.1) is 0 Å². The molecule has 1 unspecified atom stereocenters. The van der Waals surface area contributed by atoms with Crippen LogP contribution >= 0.6 is 0 Å². The van der Waals surface area contributed by atoms with Crippen LogP contribution in [0.2, 0.25) is 0 Å². The molecule has 150 valence electrons. The molecule has 0 radical (unpaired) electrons. The summed E-state index contributed by atoms with van der Waals surface area (Å²) in [5.41, 5.74) is 0.787. The van der Waals surface area contributed by atoms with Gasteiger partial charge in [0.2, 0.25) is 0 Å². The Bertz CT molecular complexity index is 1010. The fraction of sp³-hybridized carbons (Fsp3) is 0.320. The smallest absolute Gasteiger partial charge is 0.258 e. The van der Waals surface area contributed by atoms with Crippen LogP contribution in [-0.4, -0.2) is 18.1 Å². The first-order valence-electron chi connectivity index (χ1n) is 10.3. The molecule has 4 heteroatoms. The Morgan fingerprint density at radius 2 is 1.76 bits per heavy atom. The van der Waals surface area contributed by atoms with Crippen LogP contribution in [0.3, 0.4) is 0 Å². The Balaban J connectivity index is 1.45. The quantitative estimate of drug-likeness (QED) is 0.612. The molecular weight excluding hydrogens is 362 g/mol. The van der Waals surface area contributed by atoms with E-state index in [1.165, 1.54) is 0 Å². The van der Waals surface area contributed by atoms with E-state index in [1.54, 1.807) is 0 Å². The Labute approximate surface area is 171 Å². The second-order valence-corrected chi connectivity index (χ2v) is 7.65. The Morgan fingerprint density at radius 1 is 1.03 bits per heavy atom. The van der Waals surface area contributed by atoms with Crippen LogP contribution in [0.15, 0.2) is 66.7 Å². The van der Waals surface area contributed by atoms with Gasteiger partial charge >= 0.3 is 0 Å². The zero-order chi connectivity index (χ0) is 20.3. The fourth-order valence-electron chi connectivity index (χ4n) is 4.07. The number of nitrogens with one attached hydrogen (secondary N) is 1. The average molecular weight is 389 g/mol. The minimum absolute atomic E-state index is 0.0108. The van der Waals surface area contributed by atoms with Gasteiger partial charge in [0.15, 0.2) is 6.61 Å². The number of ether oxygens (including phenoxy) is 2. The fourth-order valence-corrected chi connectivity index (χ4v) is 4.07. The van der Waals surface area contributed by atoms with Gasteiger partial charge in [-0.25, -0.2) is 0 Å². The molecule has 1 atom stereocenters. The third-order valence-electron chi connectivity index (χ3n) is 5.91. The van der Waals surface area contributed by atoms with E-state index >= 15 is 0 Å². The van der Waals surface area contributed by atoms with E-state index in [-0.39, 0.29) is 24.2 Å². The van der Waals surface area contributed by atoms with Crippen molar-refractivity contribution in [3.63, 3.8) is 0 Å². The van der Waals surface area contributed by atoms with Crippen LogP contribution in [0, 0.1) is 0 Å². The highest BCUT2D eigenvalue weighted by Crippen LogP contribution is 2.42. The van der Waals surface area contributed by atoms with Gasteiger partial charge in [-0.3, -0.25) is 4.79 Å². The number of fused-ring (bicyclic) bond motifs is 2.